The predicted octanol–water partition coefficient (Wildman–Crippen LogP) is 1.95. The smallest absolute Gasteiger partial charge is 0.236 e. The summed E-state index contributed by atoms with van der Waals surface area (Å²) in [5.41, 5.74) is 1.23. The maximum Gasteiger partial charge on any atom is 0.236 e. The third kappa shape index (κ3) is 5.06. The van der Waals surface area contributed by atoms with Crippen molar-refractivity contribution in [1.82, 2.24) is 5.32 Å². The number of amides is 1. The highest BCUT2D eigenvalue weighted by molar-refractivity contribution is 7.92. The van der Waals surface area contributed by atoms with Crippen LogP contribution in [-0.4, -0.2) is 33.7 Å². The number of hydrogen-bond donors (Lipinski definition) is 1. The second-order valence-corrected chi connectivity index (χ2v) is 7.39. The summed E-state index contributed by atoms with van der Waals surface area (Å²) >= 11 is 0. The van der Waals surface area contributed by atoms with E-state index in [2.05, 4.69) is 5.32 Å². The van der Waals surface area contributed by atoms with Crippen LogP contribution in [0.25, 0.3) is 0 Å². The Morgan fingerprint density at radius 3 is 2.33 bits per heavy atom. The first-order valence-electron chi connectivity index (χ1n) is 7.41. The van der Waals surface area contributed by atoms with Crippen LogP contribution < -0.4 is 9.62 Å². The van der Waals surface area contributed by atoms with Crippen molar-refractivity contribution in [3.8, 4) is 0 Å². The number of halogens is 1. The van der Waals surface area contributed by atoms with Crippen molar-refractivity contribution in [2.24, 2.45) is 0 Å². The summed E-state index contributed by atoms with van der Waals surface area (Å²) in [7, 11) is -2.04. The first kappa shape index (κ1) is 17.9. The summed E-state index contributed by atoms with van der Waals surface area (Å²) in [6.45, 7) is 0.0134. The van der Waals surface area contributed by atoms with Crippen LogP contribution in [0.15, 0.2) is 54.6 Å². The second kappa shape index (κ2) is 7.92. The third-order valence-corrected chi connectivity index (χ3v) is 5.26. The average Bonchev–Trinajstić information content (AvgIpc) is 2.57. The zero-order chi connectivity index (χ0) is 17.6. The molecule has 2 aromatic rings. The van der Waals surface area contributed by atoms with Gasteiger partial charge in [0.2, 0.25) is 15.9 Å². The van der Waals surface area contributed by atoms with Gasteiger partial charge in [0.15, 0.2) is 0 Å². The van der Waals surface area contributed by atoms with Crippen molar-refractivity contribution in [2.45, 2.75) is 6.42 Å². The Bertz CT molecular complexity index is 777. The summed E-state index contributed by atoms with van der Waals surface area (Å²) in [6.07, 6.45) is 0.0782. The number of carbonyl (C=O) groups excluding carboxylic acids is 1. The number of anilines is 1. The van der Waals surface area contributed by atoms with Gasteiger partial charge in [0, 0.05) is 13.6 Å². The van der Waals surface area contributed by atoms with Crippen LogP contribution in [0.4, 0.5) is 10.1 Å². The van der Waals surface area contributed by atoms with Crippen LogP contribution in [0.3, 0.4) is 0 Å². The molecule has 0 aliphatic rings. The first-order chi connectivity index (χ1) is 11.4. The summed E-state index contributed by atoms with van der Waals surface area (Å²) < 4.78 is 38.5. The Balaban J connectivity index is 1.84. The van der Waals surface area contributed by atoms with E-state index in [1.54, 1.807) is 30.3 Å². The number of nitrogens with zero attached hydrogens (tertiary/aromatic N) is 1. The van der Waals surface area contributed by atoms with Gasteiger partial charge in [-0.2, -0.15) is 0 Å². The molecule has 2 aromatic carbocycles. The number of nitrogens with one attached hydrogen (secondary N) is 1. The molecule has 0 aliphatic heterocycles. The summed E-state index contributed by atoms with van der Waals surface area (Å²) in [6, 6.07) is 14.3. The molecule has 0 fully saturated rings. The zero-order valence-electron chi connectivity index (χ0n) is 13.3. The van der Waals surface area contributed by atoms with Crippen molar-refractivity contribution < 1.29 is 17.6 Å². The van der Waals surface area contributed by atoms with Gasteiger partial charge in [-0.3, -0.25) is 9.10 Å². The molecule has 1 amide bonds. The second-order valence-electron chi connectivity index (χ2n) is 5.27. The first-order valence-corrected chi connectivity index (χ1v) is 9.02. The number of sulfonamides is 1. The van der Waals surface area contributed by atoms with Crippen molar-refractivity contribution >= 4 is 21.6 Å². The molecule has 0 bridgehead atoms. The van der Waals surface area contributed by atoms with Gasteiger partial charge in [-0.1, -0.05) is 30.3 Å². The number of hydrogen-bond acceptors (Lipinski definition) is 3. The Morgan fingerprint density at radius 1 is 1.08 bits per heavy atom. The van der Waals surface area contributed by atoms with Crippen LogP contribution >= 0.6 is 0 Å². The fraction of sp³-hybridized carbons (Fsp3) is 0.235. The fourth-order valence-corrected chi connectivity index (χ4v) is 3.18. The molecule has 0 atom stereocenters. The molecule has 5 nitrogen and oxygen atoms in total. The minimum absolute atomic E-state index is 0.0134. The van der Waals surface area contributed by atoms with Gasteiger partial charge in [-0.25, -0.2) is 12.8 Å². The van der Waals surface area contributed by atoms with Gasteiger partial charge in [-0.05, 0) is 29.8 Å². The molecular formula is C17H19FN2O3S. The topological polar surface area (TPSA) is 66.5 Å². The fourth-order valence-electron chi connectivity index (χ4n) is 2.11. The van der Waals surface area contributed by atoms with Crippen molar-refractivity contribution in [3.05, 3.63) is 66.0 Å². The molecule has 0 spiro atoms. The van der Waals surface area contributed by atoms with E-state index >= 15 is 0 Å². The zero-order valence-corrected chi connectivity index (χ0v) is 14.1. The van der Waals surface area contributed by atoms with Crippen LogP contribution in [0.1, 0.15) is 5.56 Å². The number of benzene rings is 2. The van der Waals surface area contributed by atoms with Crippen LogP contribution in [0.2, 0.25) is 0 Å². The Labute approximate surface area is 141 Å². The molecule has 7 heteroatoms. The summed E-state index contributed by atoms with van der Waals surface area (Å²) in [5.74, 6) is -0.874. The Morgan fingerprint density at radius 2 is 1.71 bits per heavy atom. The number of carbonyl (C=O) groups is 1. The van der Waals surface area contributed by atoms with Gasteiger partial charge in [0.05, 0.1) is 17.9 Å². The number of rotatable bonds is 7. The van der Waals surface area contributed by atoms with E-state index in [0.29, 0.717) is 11.3 Å². The highest BCUT2D eigenvalue weighted by Crippen LogP contribution is 2.15. The van der Waals surface area contributed by atoms with E-state index in [1.807, 2.05) is 0 Å². The van der Waals surface area contributed by atoms with Gasteiger partial charge in [0.25, 0.3) is 0 Å². The van der Waals surface area contributed by atoms with Gasteiger partial charge in [0.1, 0.15) is 5.82 Å². The van der Waals surface area contributed by atoms with E-state index in [0.717, 1.165) is 0 Å². The maximum absolute atomic E-state index is 12.8. The lowest BCUT2D eigenvalue weighted by Gasteiger charge is -2.19. The molecular weight excluding hydrogens is 331 g/mol. The average molecular weight is 350 g/mol. The SMILES string of the molecule is CN(c1ccccc1)S(=O)(=O)CCNC(=O)Cc1ccc(F)cc1. The van der Waals surface area contributed by atoms with E-state index in [-0.39, 0.29) is 30.4 Å². The van der Waals surface area contributed by atoms with Crippen molar-refractivity contribution in [3.63, 3.8) is 0 Å². The Kier molecular flexibility index (Phi) is 5.92. The molecule has 128 valence electrons. The largest absolute Gasteiger partial charge is 0.355 e. The molecule has 0 saturated carbocycles. The van der Waals surface area contributed by atoms with Gasteiger partial charge >= 0.3 is 0 Å². The molecule has 24 heavy (non-hydrogen) atoms. The van der Waals surface area contributed by atoms with E-state index < -0.39 is 10.0 Å². The molecule has 1 N–H and O–H groups in total. The standard InChI is InChI=1S/C17H19FN2O3S/c1-20(16-5-3-2-4-6-16)24(22,23)12-11-19-17(21)13-14-7-9-15(18)10-8-14/h2-10H,11-13H2,1H3,(H,19,21). The molecule has 0 unspecified atom stereocenters. The lowest BCUT2D eigenvalue weighted by molar-refractivity contribution is -0.120. The molecule has 0 aliphatic carbocycles. The summed E-state index contributed by atoms with van der Waals surface area (Å²) in [4.78, 5) is 11.8. The van der Waals surface area contributed by atoms with Crippen LogP contribution in [0, 0.1) is 5.82 Å². The van der Waals surface area contributed by atoms with Gasteiger partial charge in [-0.15, -0.1) is 0 Å². The highest BCUT2D eigenvalue weighted by atomic mass is 32.2. The maximum atomic E-state index is 12.8. The Hall–Kier alpha value is -2.41. The summed E-state index contributed by atoms with van der Waals surface area (Å²) in [5, 5.41) is 2.57. The lowest BCUT2D eigenvalue weighted by Crippen LogP contribution is -2.36. The lowest BCUT2D eigenvalue weighted by atomic mass is 10.1. The normalized spacial score (nSPS) is 11.1. The molecule has 0 heterocycles. The highest BCUT2D eigenvalue weighted by Gasteiger charge is 2.18. The third-order valence-electron chi connectivity index (χ3n) is 3.50. The quantitative estimate of drug-likeness (QED) is 0.830. The predicted molar refractivity (Wildman–Crippen MR) is 91.7 cm³/mol. The molecule has 0 aromatic heterocycles. The molecule has 0 radical (unpaired) electrons. The number of para-hydroxylation sites is 1. The van der Waals surface area contributed by atoms with Crippen molar-refractivity contribution in [2.75, 3.05) is 23.7 Å². The van der Waals surface area contributed by atoms with Crippen LogP contribution in [0.5, 0.6) is 0 Å². The van der Waals surface area contributed by atoms with E-state index in [9.17, 15) is 17.6 Å². The van der Waals surface area contributed by atoms with Crippen molar-refractivity contribution in [1.29, 1.82) is 0 Å². The molecule has 2 rings (SSSR count). The minimum atomic E-state index is -3.52. The molecule has 0 saturated heterocycles. The van der Waals surface area contributed by atoms with E-state index in [1.165, 1.54) is 35.6 Å². The van der Waals surface area contributed by atoms with E-state index in [4.69, 9.17) is 0 Å². The van der Waals surface area contributed by atoms with Gasteiger partial charge < -0.3 is 5.32 Å². The monoisotopic (exact) mass is 350 g/mol. The van der Waals surface area contributed by atoms with Crippen LogP contribution in [-0.2, 0) is 21.2 Å². The minimum Gasteiger partial charge on any atom is -0.355 e.